The average Bonchev–Trinajstić information content (AvgIpc) is 3.24. The van der Waals surface area contributed by atoms with Crippen LogP contribution in [0.25, 0.3) is 16.9 Å². The summed E-state index contributed by atoms with van der Waals surface area (Å²) in [6.07, 6.45) is 1.76. The second-order valence-electron chi connectivity index (χ2n) is 9.05. The summed E-state index contributed by atoms with van der Waals surface area (Å²) >= 11 is 0. The van der Waals surface area contributed by atoms with E-state index in [0.717, 1.165) is 16.8 Å². The number of rotatable bonds is 8. The van der Waals surface area contributed by atoms with Crippen molar-refractivity contribution in [2.75, 3.05) is 19.5 Å². The van der Waals surface area contributed by atoms with E-state index in [-0.39, 0.29) is 4.90 Å². The molecule has 0 unspecified atom stereocenters. The van der Waals surface area contributed by atoms with Crippen LogP contribution >= 0.6 is 0 Å². The summed E-state index contributed by atoms with van der Waals surface area (Å²) < 4.78 is 40.2. The first-order valence-corrected chi connectivity index (χ1v) is 12.5. The molecule has 0 bridgehead atoms. The van der Waals surface area contributed by atoms with Gasteiger partial charge in [-0.15, -0.1) is 5.10 Å². The van der Waals surface area contributed by atoms with Gasteiger partial charge in [-0.2, -0.15) is 0 Å². The number of sulfonamides is 1. The lowest BCUT2D eigenvalue weighted by atomic mass is 10.1. The number of fused-ring (bicyclic) bond motifs is 1. The number of hydrogen-bond donors (Lipinski definition) is 2. The highest BCUT2D eigenvalue weighted by Gasteiger charge is 2.21. The molecule has 0 aliphatic heterocycles. The third-order valence-electron chi connectivity index (χ3n) is 5.19. The summed E-state index contributed by atoms with van der Waals surface area (Å²) in [5.74, 6) is 1.93. The van der Waals surface area contributed by atoms with Crippen molar-refractivity contribution < 1.29 is 17.9 Å². The first-order valence-electron chi connectivity index (χ1n) is 11.0. The van der Waals surface area contributed by atoms with Crippen LogP contribution in [-0.2, 0) is 16.6 Å². The summed E-state index contributed by atoms with van der Waals surface area (Å²) in [6, 6.07) is 16.2. The number of aromatic nitrogens is 3. The third kappa shape index (κ3) is 5.55. The zero-order valence-electron chi connectivity index (χ0n) is 20.4. The molecule has 4 aromatic rings. The maximum atomic E-state index is 12.5. The van der Waals surface area contributed by atoms with E-state index in [4.69, 9.17) is 9.47 Å². The first kappa shape index (κ1) is 24.5. The molecule has 0 saturated carbocycles. The van der Waals surface area contributed by atoms with Gasteiger partial charge in [-0.05, 0) is 68.8 Å². The summed E-state index contributed by atoms with van der Waals surface area (Å²) in [4.78, 5) is 4.68. The van der Waals surface area contributed by atoms with Gasteiger partial charge in [-0.1, -0.05) is 12.1 Å². The number of imidazole rings is 1. The molecule has 35 heavy (non-hydrogen) atoms. The summed E-state index contributed by atoms with van der Waals surface area (Å²) in [5, 5.41) is 7.98. The molecule has 0 saturated heterocycles. The highest BCUT2D eigenvalue weighted by molar-refractivity contribution is 7.89. The van der Waals surface area contributed by atoms with Crippen molar-refractivity contribution in [3.05, 3.63) is 66.4 Å². The van der Waals surface area contributed by atoms with E-state index in [1.165, 1.54) is 0 Å². The van der Waals surface area contributed by atoms with Crippen LogP contribution in [0.15, 0.2) is 65.7 Å². The van der Waals surface area contributed by atoms with Gasteiger partial charge in [-0.3, -0.25) is 0 Å². The van der Waals surface area contributed by atoms with E-state index < -0.39 is 15.6 Å². The second-order valence-corrected chi connectivity index (χ2v) is 10.7. The van der Waals surface area contributed by atoms with Crippen molar-refractivity contribution in [1.29, 1.82) is 0 Å². The zero-order valence-corrected chi connectivity index (χ0v) is 21.2. The van der Waals surface area contributed by atoms with Crippen LogP contribution in [-0.4, -0.2) is 42.8 Å². The maximum absolute atomic E-state index is 12.5. The van der Waals surface area contributed by atoms with Crippen molar-refractivity contribution >= 4 is 21.5 Å². The molecule has 0 aliphatic carbocycles. The highest BCUT2D eigenvalue weighted by atomic mass is 32.2. The van der Waals surface area contributed by atoms with Gasteiger partial charge in [-0.25, -0.2) is 22.6 Å². The number of nitrogens with zero attached hydrogens (tertiary/aromatic N) is 3. The van der Waals surface area contributed by atoms with Crippen molar-refractivity contribution in [2.45, 2.75) is 37.8 Å². The minimum Gasteiger partial charge on any atom is -0.493 e. The fourth-order valence-electron chi connectivity index (χ4n) is 3.60. The fraction of sp³-hybridized carbons (Fsp3) is 0.280. The van der Waals surface area contributed by atoms with Crippen molar-refractivity contribution in [3.63, 3.8) is 0 Å². The normalized spacial score (nSPS) is 12.0. The van der Waals surface area contributed by atoms with E-state index in [2.05, 4.69) is 20.1 Å². The molecule has 2 N–H and O–H groups in total. The third-order valence-corrected chi connectivity index (χ3v) is 6.96. The van der Waals surface area contributed by atoms with Gasteiger partial charge in [0.2, 0.25) is 10.0 Å². The van der Waals surface area contributed by atoms with Crippen LogP contribution in [0.5, 0.6) is 11.5 Å². The van der Waals surface area contributed by atoms with Gasteiger partial charge in [0.15, 0.2) is 17.1 Å². The lowest BCUT2D eigenvalue weighted by Gasteiger charge is -2.20. The van der Waals surface area contributed by atoms with Crippen molar-refractivity contribution in [1.82, 2.24) is 19.3 Å². The number of ether oxygens (including phenoxy) is 2. The Labute approximate surface area is 205 Å². The smallest absolute Gasteiger partial charge is 0.241 e. The standard InChI is InChI=1S/C25H29N5O4S/c1-25(2,3)29-35(31,32)19-9-6-17(7-10-19)15-26-23-12-13-24-27-16-20(30(24)28-23)18-8-11-21(33-4)22(14-18)34-5/h6-14,16,29H,15H2,1-5H3,(H,26,28). The van der Waals surface area contributed by atoms with Crippen LogP contribution in [0.4, 0.5) is 5.82 Å². The first-order chi connectivity index (χ1) is 16.6. The molecule has 0 aliphatic rings. The molecule has 9 nitrogen and oxygen atoms in total. The molecule has 2 heterocycles. The number of methoxy groups -OCH3 is 2. The van der Waals surface area contributed by atoms with Crippen LogP contribution in [0, 0.1) is 0 Å². The summed E-state index contributed by atoms with van der Waals surface area (Å²) in [7, 11) is -0.376. The number of benzene rings is 2. The molecular formula is C25H29N5O4S. The molecule has 0 amide bonds. The van der Waals surface area contributed by atoms with Gasteiger partial charge < -0.3 is 14.8 Å². The molecule has 0 atom stereocenters. The second kappa shape index (κ2) is 9.55. The summed E-state index contributed by atoms with van der Waals surface area (Å²) in [6.45, 7) is 5.91. The van der Waals surface area contributed by atoms with Gasteiger partial charge in [0.05, 0.1) is 31.0 Å². The van der Waals surface area contributed by atoms with Crippen molar-refractivity contribution in [3.8, 4) is 22.8 Å². The Morgan fingerprint density at radius 3 is 2.31 bits per heavy atom. The molecule has 2 aromatic carbocycles. The number of hydrogen-bond acceptors (Lipinski definition) is 7. The van der Waals surface area contributed by atoms with Crippen LogP contribution in [0.2, 0.25) is 0 Å². The van der Waals surface area contributed by atoms with E-state index >= 15 is 0 Å². The van der Waals surface area contributed by atoms with Crippen LogP contribution in [0.1, 0.15) is 26.3 Å². The zero-order chi connectivity index (χ0) is 25.2. The van der Waals surface area contributed by atoms with Gasteiger partial charge in [0.1, 0.15) is 5.82 Å². The topological polar surface area (TPSA) is 107 Å². The van der Waals surface area contributed by atoms with Gasteiger partial charge in [0.25, 0.3) is 0 Å². The van der Waals surface area contributed by atoms with E-state index in [1.807, 2.05) is 51.1 Å². The van der Waals surface area contributed by atoms with Gasteiger partial charge >= 0.3 is 0 Å². The number of nitrogens with one attached hydrogen (secondary N) is 2. The van der Waals surface area contributed by atoms with Crippen LogP contribution < -0.4 is 19.5 Å². The molecule has 10 heteroatoms. The van der Waals surface area contributed by atoms with Crippen molar-refractivity contribution in [2.24, 2.45) is 0 Å². The predicted octanol–water partition coefficient (Wildman–Crippen LogP) is 4.10. The quantitative estimate of drug-likeness (QED) is 0.379. The predicted molar refractivity (Wildman–Crippen MR) is 135 cm³/mol. The lowest BCUT2D eigenvalue weighted by Crippen LogP contribution is -2.40. The SMILES string of the molecule is COc1ccc(-c2cnc3ccc(NCc4ccc(S(=O)(=O)NC(C)(C)C)cc4)nn23)cc1OC. The summed E-state index contributed by atoms with van der Waals surface area (Å²) in [5.41, 5.74) is 2.78. The Morgan fingerprint density at radius 2 is 1.66 bits per heavy atom. The minimum absolute atomic E-state index is 0.230. The van der Waals surface area contributed by atoms with E-state index in [9.17, 15) is 8.42 Å². The Hall–Kier alpha value is -3.63. The van der Waals surface area contributed by atoms with E-state index in [0.29, 0.717) is 29.5 Å². The van der Waals surface area contributed by atoms with Crippen LogP contribution in [0.3, 0.4) is 0 Å². The molecule has 0 radical (unpaired) electrons. The number of anilines is 1. The fourth-order valence-corrected chi connectivity index (χ4v) is 5.02. The molecular weight excluding hydrogens is 466 g/mol. The molecule has 4 rings (SSSR count). The maximum Gasteiger partial charge on any atom is 0.241 e. The van der Waals surface area contributed by atoms with E-state index in [1.54, 1.807) is 49.2 Å². The Kier molecular flexibility index (Phi) is 6.68. The van der Waals surface area contributed by atoms with Gasteiger partial charge in [0, 0.05) is 17.6 Å². The Balaban J connectivity index is 1.52. The molecule has 184 valence electrons. The largest absolute Gasteiger partial charge is 0.493 e. The highest BCUT2D eigenvalue weighted by Crippen LogP contribution is 2.32. The Bertz CT molecular complexity index is 1440. The minimum atomic E-state index is -3.57. The average molecular weight is 496 g/mol. The lowest BCUT2D eigenvalue weighted by molar-refractivity contribution is 0.355. The molecule has 0 fully saturated rings. The molecule has 0 spiro atoms. The monoisotopic (exact) mass is 495 g/mol. The molecule has 2 aromatic heterocycles. The Morgan fingerprint density at radius 1 is 0.943 bits per heavy atom.